The van der Waals surface area contributed by atoms with Gasteiger partial charge in [-0.2, -0.15) is 0 Å². The summed E-state index contributed by atoms with van der Waals surface area (Å²) in [6.45, 7) is 16.9. The van der Waals surface area contributed by atoms with Crippen LogP contribution < -0.4 is 21.3 Å². The zero-order valence-corrected chi connectivity index (χ0v) is 50.4. The molecule has 0 aliphatic rings. The first kappa shape index (κ1) is 74.1. The van der Waals surface area contributed by atoms with Gasteiger partial charge in [0.1, 0.15) is 64.4 Å². The first-order chi connectivity index (χ1) is 37.0. The maximum Gasteiger partial charge on any atom is 0.226 e. The number of hydrogen-bond donors (Lipinski definition) is 4. The molecule has 4 N–H and O–H groups in total. The third-order valence-electron chi connectivity index (χ3n) is 14.8. The number of ether oxygens (including phenoxy) is 1. The highest BCUT2D eigenvalue weighted by atomic mass is 16.5. The van der Waals surface area contributed by atoms with E-state index in [0.29, 0.717) is 0 Å². The van der Waals surface area contributed by atoms with Crippen LogP contribution >= 0.6 is 0 Å². The zero-order valence-electron chi connectivity index (χ0n) is 50.4. The van der Waals surface area contributed by atoms with Gasteiger partial charge in [0.15, 0.2) is 0 Å². The van der Waals surface area contributed by atoms with E-state index in [1.165, 1.54) is 62.3 Å². The summed E-state index contributed by atoms with van der Waals surface area (Å²) in [4.78, 5) is 184. The second kappa shape index (κ2) is 36.5. The van der Waals surface area contributed by atoms with Crippen molar-refractivity contribution in [1.82, 2.24) is 21.3 Å². The van der Waals surface area contributed by atoms with E-state index < -0.39 is 76.4 Å². The Bertz CT molecular complexity index is 1920. The molecular formula is C61H96N4O15. The Labute approximate surface area is 475 Å². The molecule has 0 saturated heterocycles. The number of carbonyl (C=O) groups excluding carboxylic acids is 14. The average molecular weight is 1130 g/mol. The van der Waals surface area contributed by atoms with Crippen molar-refractivity contribution in [2.75, 3.05) is 13.2 Å². The van der Waals surface area contributed by atoms with Crippen molar-refractivity contribution >= 4 is 81.5 Å². The fourth-order valence-electron chi connectivity index (χ4n) is 9.50. The van der Waals surface area contributed by atoms with Crippen molar-refractivity contribution in [3.8, 4) is 12.3 Å². The van der Waals surface area contributed by atoms with E-state index in [2.05, 4.69) is 27.2 Å². The van der Waals surface area contributed by atoms with Crippen LogP contribution in [-0.4, -0.2) is 117 Å². The zero-order chi connectivity index (χ0) is 61.5. The lowest BCUT2D eigenvalue weighted by molar-refractivity contribution is -0.136. The van der Waals surface area contributed by atoms with Gasteiger partial charge >= 0.3 is 0 Å². The summed E-state index contributed by atoms with van der Waals surface area (Å²) in [6, 6.07) is 0. The van der Waals surface area contributed by atoms with Crippen LogP contribution in [0.2, 0.25) is 0 Å². The quantitative estimate of drug-likeness (QED) is 0.0342. The van der Waals surface area contributed by atoms with E-state index in [1.54, 1.807) is 20.8 Å². The van der Waals surface area contributed by atoms with Crippen LogP contribution in [0.3, 0.4) is 0 Å². The molecule has 0 aromatic heterocycles. The van der Waals surface area contributed by atoms with E-state index in [9.17, 15) is 67.1 Å². The molecule has 0 heterocycles. The molecule has 0 aromatic carbocycles. The summed E-state index contributed by atoms with van der Waals surface area (Å²) >= 11 is 0. The van der Waals surface area contributed by atoms with Crippen LogP contribution in [0.4, 0.5) is 0 Å². The normalized spacial score (nSPS) is 12.3. The van der Waals surface area contributed by atoms with Crippen LogP contribution in [0.25, 0.3) is 0 Å². The van der Waals surface area contributed by atoms with Crippen molar-refractivity contribution in [1.29, 1.82) is 0 Å². The van der Waals surface area contributed by atoms with Gasteiger partial charge in [0, 0.05) is 111 Å². The Kier molecular flexibility index (Phi) is 33.8. The van der Waals surface area contributed by atoms with Crippen molar-refractivity contribution < 1.29 is 71.9 Å². The lowest BCUT2D eigenvalue weighted by atomic mass is 9.79. The SMILES string of the molecule is C#CCOC[C@H](CC(=O)C(C)(C)C)C(=O)NC(CCC(=O)NC(CCC(C)=O)(CCC(C)=O)CCC(C)=O)(CCC(=O)NC(CCC(C)=O)(CCC(C)=O)CCC(C)=O)CCC(=O)NC(CCC(C)=O)(CCC(C)=O)CCC(C)=O. The van der Waals surface area contributed by atoms with E-state index in [0.717, 1.165) is 0 Å². The summed E-state index contributed by atoms with van der Waals surface area (Å²) in [5.74, 6) is -3.48. The number of carbonyl (C=O) groups is 14. The topological polar surface area (TPSA) is 296 Å². The number of terminal acetylenes is 1. The highest BCUT2D eigenvalue weighted by molar-refractivity contribution is 5.90. The molecule has 0 bridgehead atoms. The van der Waals surface area contributed by atoms with E-state index >= 15 is 0 Å². The molecule has 19 nitrogen and oxygen atoms in total. The highest BCUT2D eigenvalue weighted by Crippen LogP contribution is 2.33. The largest absolute Gasteiger partial charge is 0.368 e. The summed E-state index contributed by atoms with van der Waals surface area (Å²) in [5.41, 5.74) is -6.20. The fraction of sp³-hybridized carbons (Fsp3) is 0.738. The lowest BCUT2D eigenvalue weighted by Gasteiger charge is -2.39. The molecule has 0 aliphatic heterocycles. The Morgan fingerprint density at radius 3 is 0.775 bits per heavy atom. The molecular weight excluding hydrogens is 1030 g/mol. The van der Waals surface area contributed by atoms with Crippen molar-refractivity contribution in [3.05, 3.63) is 0 Å². The molecule has 0 aliphatic carbocycles. The second-order valence-electron chi connectivity index (χ2n) is 23.9. The van der Waals surface area contributed by atoms with Crippen molar-refractivity contribution in [2.45, 2.75) is 266 Å². The van der Waals surface area contributed by atoms with Gasteiger partial charge in [-0.3, -0.25) is 24.0 Å². The highest BCUT2D eigenvalue weighted by Gasteiger charge is 2.41. The molecule has 19 heteroatoms. The molecule has 80 heavy (non-hydrogen) atoms. The summed E-state index contributed by atoms with van der Waals surface area (Å²) < 4.78 is 5.65. The number of amides is 4. The molecule has 4 amide bonds. The van der Waals surface area contributed by atoms with Gasteiger partial charge in [0.2, 0.25) is 23.6 Å². The Hall–Kier alpha value is -5.90. The fourth-order valence-corrected chi connectivity index (χ4v) is 9.50. The number of rotatable bonds is 46. The van der Waals surface area contributed by atoms with Crippen LogP contribution in [0.5, 0.6) is 0 Å². The standard InChI is InChI=1S/C61H96N4O15/c1-14-39-80-41-51(40-52(75)57(11,12)13)56(79)65-61(36-24-53(76)62-58(27-15-42(2)66,28-16-43(3)67)29-17-44(4)68,37-25-54(77)63-59(30-18-45(5)69,31-19-46(6)70)32-20-47(7)71)38-26-55(78)64-60(33-21-48(8)72,34-22-49(9)73)35-23-50(10)74/h1,51H,15-41H2,2-13H3,(H,62,76)(H,63,77)(H,64,78)(H,65,79)/t51-/m0/s1. The Morgan fingerprint density at radius 2 is 0.575 bits per heavy atom. The van der Waals surface area contributed by atoms with E-state index in [1.807, 2.05) is 0 Å². The number of ketones is 10. The van der Waals surface area contributed by atoms with Crippen molar-refractivity contribution in [3.63, 3.8) is 0 Å². The molecule has 0 aromatic rings. The van der Waals surface area contributed by atoms with Crippen LogP contribution in [0.1, 0.15) is 244 Å². The van der Waals surface area contributed by atoms with Crippen LogP contribution in [0, 0.1) is 23.7 Å². The van der Waals surface area contributed by atoms with Crippen molar-refractivity contribution in [2.24, 2.45) is 11.3 Å². The third kappa shape index (κ3) is 33.0. The molecule has 0 unspecified atom stereocenters. The number of nitrogens with one attached hydrogen (secondary N) is 4. The minimum Gasteiger partial charge on any atom is -0.368 e. The third-order valence-corrected chi connectivity index (χ3v) is 14.8. The first-order valence-corrected chi connectivity index (χ1v) is 28.3. The van der Waals surface area contributed by atoms with E-state index in [4.69, 9.17) is 11.2 Å². The minimum absolute atomic E-state index is 0.0101. The lowest BCUT2D eigenvalue weighted by Crippen LogP contribution is -2.55. The van der Waals surface area contributed by atoms with E-state index in [-0.39, 0.29) is 212 Å². The van der Waals surface area contributed by atoms with Gasteiger partial charge in [-0.25, -0.2) is 0 Å². The maximum atomic E-state index is 15.0. The molecule has 0 rings (SSSR count). The minimum atomic E-state index is -1.68. The number of hydrogen-bond acceptors (Lipinski definition) is 15. The van der Waals surface area contributed by atoms with Gasteiger partial charge < -0.3 is 69.2 Å². The van der Waals surface area contributed by atoms with Gasteiger partial charge in [-0.1, -0.05) is 26.7 Å². The first-order valence-electron chi connectivity index (χ1n) is 28.3. The predicted molar refractivity (Wildman–Crippen MR) is 303 cm³/mol. The second-order valence-corrected chi connectivity index (χ2v) is 23.9. The van der Waals surface area contributed by atoms with Gasteiger partial charge in [0.05, 0.1) is 12.5 Å². The molecule has 450 valence electrons. The molecule has 1 atom stereocenters. The summed E-state index contributed by atoms with van der Waals surface area (Å²) in [7, 11) is 0. The Balaban J connectivity index is 8.38. The van der Waals surface area contributed by atoms with Crippen LogP contribution in [-0.2, 0) is 71.9 Å². The van der Waals surface area contributed by atoms with Gasteiger partial charge in [-0.15, -0.1) is 6.42 Å². The van der Waals surface area contributed by atoms with Gasteiger partial charge in [-0.05, 0) is 139 Å². The summed E-state index contributed by atoms with van der Waals surface area (Å²) in [6.07, 6.45) is 4.09. The average Bonchev–Trinajstić information content (AvgIpc) is 3.34. The molecule has 0 fully saturated rings. The number of Topliss-reactive ketones (excluding diaryl/α,β-unsaturated/α-hetero) is 10. The Morgan fingerprint density at radius 1 is 0.362 bits per heavy atom. The smallest absolute Gasteiger partial charge is 0.226 e. The monoisotopic (exact) mass is 1120 g/mol. The predicted octanol–water partition coefficient (Wildman–Crippen LogP) is 7.34. The van der Waals surface area contributed by atoms with Gasteiger partial charge in [0.25, 0.3) is 0 Å². The van der Waals surface area contributed by atoms with Crippen LogP contribution in [0.15, 0.2) is 0 Å². The molecule has 0 saturated carbocycles. The maximum absolute atomic E-state index is 15.0. The molecule has 0 spiro atoms. The summed E-state index contributed by atoms with van der Waals surface area (Å²) in [5, 5.41) is 12.2. The molecule has 0 radical (unpaired) electrons.